The molecule has 8 nitrogen and oxygen atoms in total. The molecular formula is C20H21N3O5. The molecule has 0 radical (unpaired) electrons. The summed E-state index contributed by atoms with van der Waals surface area (Å²) in [5.74, 6) is -1.30. The lowest BCUT2D eigenvalue weighted by Gasteiger charge is -2.30. The number of nitrogens with two attached hydrogens (primary N) is 1. The SMILES string of the molecule is CC1(C)OC(c2ccc(-n3c(N)c4c(cc3=O)C(=O)NC4=O)cc2)OC1(C)C. The van der Waals surface area contributed by atoms with Gasteiger partial charge in [-0.05, 0) is 39.8 Å². The highest BCUT2D eigenvalue weighted by atomic mass is 16.7. The summed E-state index contributed by atoms with van der Waals surface area (Å²) in [5.41, 5.74) is 5.91. The molecule has 1 fully saturated rings. The lowest BCUT2D eigenvalue weighted by atomic mass is 9.90. The first-order valence-corrected chi connectivity index (χ1v) is 8.89. The maximum absolute atomic E-state index is 12.5. The number of hydrogen-bond acceptors (Lipinski definition) is 6. The fraction of sp³-hybridized carbons (Fsp3) is 0.350. The molecule has 8 heteroatoms. The van der Waals surface area contributed by atoms with Crippen molar-refractivity contribution in [3.05, 3.63) is 57.4 Å². The van der Waals surface area contributed by atoms with Crippen molar-refractivity contribution >= 4 is 17.6 Å². The smallest absolute Gasteiger partial charge is 0.262 e. The fourth-order valence-corrected chi connectivity index (χ4v) is 3.31. The second-order valence-electron chi connectivity index (χ2n) is 7.95. The standard InChI is InChI=1S/C20H21N3O5/c1-19(2)20(3,4)28-18(27-19)10-5-7-11(8-6-10)23-13(24)9-12-14(15(23)21)17(26)22-16(12)25/h5-9,18H,21H2,1-4H3,(H,22,25,26). The van der Waals surface area contributed by atoms with E-state index in [1.807, 2.05) is 27.7 Å². The van der Waals surface area contributed by atoms with Crippen molar-refractivity contribution in [2.45, 2.75) is 45.2 Å². The zero-order valence-electron chi connectivity index (χ0n) is 16.0. The van der Waals surface area contributed by atoms with Crippen molar-refractivity contribution in [3.63, 3.8) is 0 Å². The van der Waals surface area contributed by atoms with E-state index in [1.54, 1.807) is 24.3 Å². The Morgan fingerprint density at radius 3 is 2.11 bits per heavy atom. The molecule has 0 spiro atoms. The first-order chi connectivity index (χ1) is 13.0. The van der Waals surface area contributed by atoms with Crippen LogP contribution in [0.15, 0.2) is 35.1 Å². The summed E-state index contributed by atoms with van der Waals surface area (Å²) in [6, 6.07) is 8.07. The van der Waals surface area contributed by atoms with Gasteiger partial charge >= 0.3 is 0 Å². The van der Waals surface area contributed by atoms with E-state index in [4.69, 9.17) is 15.2 Å². The molecule has 0 atom stereocenters. The molecular weight excluding hydrogens is 362 g/mol. The second-order valence-corrected chi connectivity index (χ2v) is 7.95. The van der Waals surface area contributed by atoms with Crippen LogP contribution in [0.2, 0.25) is 0 Å². The van der Waals surface area contributed by atoms with Crippen molar-refractivity contribution in [3.8, 4) is 5.69 Å². The Bertz CT molecular complexity index is 1050. The van der Waals surface area contributed by atoms with Gasteiger partial charge in [-0.25, -0.2) is 0 Å². The molecule has 0 saturated carbocycles. The highest BCUT2D eigenvalue weighted by molar-refractivity contribution is 6.23. The van der Waals surface area contributed by atoms with Gasteiger partial charge in [-0.1, -0.05) is 12.1 Å². The number of benzene rings is 1. The lowest BCUT2D eigenvalue weighted by Crippen LogP contribution is -2.41. The number of amides is 2. The summed E-state index contributed by atoms with van der Waals surface area (Å²) in [5, 5.41) is 2.15. The monoisotopic (exact) mass is 383 g/mol. The summed E-state index contributed by atoms with van der Waals surface area (Å²) in [6.45, 7) is 7.88. The third-order valence-electron chi connectivity index (χ3n) is 5.63. The number of ether oxygens (including phenoxy) is 2. The number of imide groups is 1. The average Bonchev–Trinajstić information content (AvgIpc) is 3.00. The summed E-state index contributed by atoms with van der Waals surface area (Å²) in [7, 11) is 0. The average molecular weight is 383 g/mol. The molecule has 0 bridgehead atoms. The highest BCUT2D eigenvalue weighted by Crippen LogP contribution is 2.44. The number of rotatable bonds is 2. The normalized spacial score (nSPS) is 20.3. The first-order valence-electron chi connectivity index (χ1n) is 8.89. The molecule has 3 heterocycles. The molecule has 2 aromatic rings. The number of carbonyl (C=O) groups excluding carboxylic acids is 2. The molecule has 4 rings (SSSR count). The quantitative estimate of drug-likeness (QED) is 0.766. The third-order valence-corrected chi connectivity index (χ3v) is 5.63. The third kappa shape index (κ3) is 2.56. The maximum Gasteiger partial charge on any atom is 0.262 e. The summed E-state index contributed by atoms with van der Waals surface area (Å²) in [4.78, 5) is 36.2. The van der Waals surface area contributed by atoms with Crippen molar-refractivity contribution in [2.75, 3.05) is 5.73 Å². The van der Waals surface area contributed by atoms with Crippen LogP contribution in [0.5, 0.6) is 0 Å². The number of nitrogens with zero attached hydrogens (tertiary/aromatic N) is 1. The van der Waals surface area contributed by atoms with Crippen LogP contribution in [-0.2, 0) is 9.47 Å². The number of aromatic nitrogens is 1. The zero-order valence-corrected chi connectivity index (χ0v) is 16.0. The molecule has 0 unspecified atom stereocenters. The van der Waals surface area contributed by atoms with Crippen LogP contribution in [0.4, 0.5) is 5.82 Å². The fourth-order valence-electron chi connectivity index (χ4n) is 3.31. The Kier molecular flexibility index (Phi) is 3.79. The van der Waals surface area contributed by atoms with Crippen LogP contribution in [-0.4, -0.2) is 27.6 Å². The predicted molar refractivity (Wildman–Crippen MR) is 101 cm³/mol. The number of nitrogen functional groups attached to an aromatic ring is 1. The summed E-state index contributed by atoms with van der Waals surface area (Å²) >= 11 is 0. The molecule has 2 aliphatic rings. The van der Waals surface area contributed by atoms with Gasteiger partial charge in [0.2, 0.25) is 0 Å². The van der Waals surface area contributed by atoms with Gasteiger partial charge in [-0.15, -0.1) is 0 Å². The van der Waals surface area contributed by atoms with Gasteiger partial charge in [0.1, 0.15) is 5.82 Å². The van der Waals surface area contributed by atoms with E-state index in [2.05, 4.69) is 5.32 Å². The molecule has 28 heavy (non-hydrogen) atoms. The topological polar surface area (TPSA) is 113 Å². The van der Waals surface area contributed by atoms with Crippen molar-refractivity contribution in [2.24, 2.45) is 0 Å². The minimum Gasteiger partial charge on any atom is -0.384 e. The van der Waals surface area contributed by atoms with E-state index < -0.39 is 34.9 Å². The Morgan fingerprint density at radius 2 is 1.54 bits per heavy atom. The molecule has 1 aromatic carbocycles. The van der Waals surface area contributed by atoms with Crippen LogP contribution >= 0.6 is 0 Å². The van der Waals surface area contributed by atoms with E-state index in [-0.39, 0.29) is 16.9 Å². The van der Waals surface area contributed by atoms with Gasteiger partial charge in [-0.3, -0.25) is 24.3 Å². The predicted octanol–water partition coefficient (Wildman–Crippen LogP) is 1.91. The molecule has 1 saturated heterocycles. The highest BCUT2D eigenvalue weighted by Gasteiger charge is 2.49. The Hall–Kier alpha value is -2.97. The second kappa shape index (κ2) is 5.76. The number of anilines is 1. The lowest BCUT2D eigenvalue weighted by molar-refractivity contribution is -0.0895. The minimum absolute atomic E-state index is 0.00223. The van der Waals surface area contributed by atoms with Crippen molar-refractivity contribution < 1.29 is 19.1 Å². The molecule has 0 aliphatic carbocycles. The molecule has 3 N–H and O–H groups in total. The number of fused-ring (bicyclic) bond motifs is 1. The number of pyridine rings is 1. The van der Waals surface area contributed by atoms with Gasteiger partial charge in [0, 0.05) is 11.6 Å². The van der Waals surface area contributed by atoms with E-state index >= 15 is 0 Å². The number of hydrogen-bond donors (Lipinski definition) is 2. The molecule has 1 aromatic heterocycles. The van der Waals surface area contributed by atoms with Crippen LogP contribution in [0.25, 0.3) is 5.69 Å². The van der Waals surface area contributed by atoms with Crippen LogP contribution in [0.3, 0.4) is 0 Å². The van der Waals surface area contributed by atoms with Crippen molar-refractivity contribution in [1.82, 2.24) is 9.88 Å². The Labute approximate surface area is 161 Å². The van der Waals surface area contributed by atoms with E-state index in [0.29, 0.717) is 5.69 Å². The largest absolute Gasteiger partial charge is 0.384 e. The van der Waals surface area contributed by atoms with E-state index in [9.17, 15) is 14.4 Å². The minimum atomic E-state index is -0.618. The number of nitrogens with one attached hydrogen (secondary N) is 1. The molecule has 2 aliphatic heterocycles. The van der Waals surface area contributed by atoms with Gasteiger partial charge in [0.25, 0.3) is 17.4 Å². The number of carbonyl (C=O) groups is 2. The van der Waals surface area contributed by atoms with Gasteiger partial charge in [-0.2, -0.15) is 0 Å². The first kappa shape index (κ1) is 18.4. The maximum atomic E-state index is 12.5. The van der Waals surface area contributed by atoms with Crippen molar-refractivity contribution in [1.29, 1.82) is 0 Å². The Morgan fingerprint density at radius 1 is 0.964 bits per heavy atom. The van der Waals surface area contributed by atoms with Gasteiger partial charge in [0.05, 0.1) is 28.0 Å². The van der Waals surface area contributed by atoms with Crippen LogP contribution in [0, 0.1) is 0 Å². The van der Waals surface area contributed by atoms with Gasteiger partial charge in [0.15, 0.2) is 6.29 Å². The van der Waals surface area contributed by atoms with Crippen LogP contribution in [0.1, 0.15) is 60.3 Å². The molecule has 146 valence electrons. The summed E-state index contributed by atoms with van der Waals surface area (Å²) < 4.78 is 13.2. The van der Waals surface area contributed by atoms with E-state index in [0.717, 1.165) is 11.6 Å². The van der Waals surface area contributed by atoms with Crippen LogP contribution < -0.4 is 16.6 Å². The summed E-state index contributed by atoms with van der Waals surface area (Å²) in [6.07, 6.45) is -0.531. The zero-order chi connectivity index (χ0) is 20.4. The molecule has 2 amide bonds. The van der Waals surface area contributed by atoms with E-state index in [1.165, 1.54) is 4.57 Å². The van der Waals surface area contributed by atoms with Gasteiger partial charge < -0.3 is 15.2 Å². The Balaban J connectivity index is 1.72.